The van der Waals surface area contributed by atoms with Gasteiger partial charge >= 0.3 is 0 Å². The third kappa shape index (κ3) is 6.14. The van der Waals surface area contributed by atoms with Gasteiger partial charge in [-0.25, -0.2) is 0 Å². The molecule has 0 saturated heterocycles. The summed E-state index contributed by atoms with van der Waals surface area (Å²) < 4.78 is 0. The van der Waals surface area contributed by atoms with Crippen LogP contribution < -0.4 is 0 Å². The Hall–Kier alpha value is -1.60. The highest BCUT2D eigenvalue weighted by molar-refractivity contribution is 5.17. The molecule has 0 radical (unpaired) electrons. The van der Waals surface area contributed by atoms with Crippen molar-refractivity contribution in [1.82, 2.24) is 4.90 Å². The van der Waals surface area contributed by atoms with Crippen LogP contribution in [0.5, 0.6) is 0 Å². The van der Waals surface area contributed by atoms with Gasteiger partial charge in [0.15, 0.2) is 0 Å². The van der Waals surface area contributed by atoms with Crippen LogP contribution in [0.25, 0.3) is 0 Å². The van der Waals surface area contributed by atoms with Gasteiger partial charge < -0.3 is 0 Å². The van der Waals surface area contributed by atoms with Crippen LogP contribution in [0.1, 0.15) is 38.3 Å². The third-order valence-corrected chi connectivity index (χ3v) is 3.68. The van der Waals surface area contributed by atoms with Crippen LogP contribution in [-0.2, 0) is 13.1 Å². The second kappa shape index (κ2) is 7.42. The summed E-state index contributed by atoms with van der Waals surface area (Å²) in [5.41, 5.74) is 3.16. The topological polar surface area (TPSA) is 3.24 Å². The summed E-state index contributed by atoms with van der Waals surface area (Å²) >= 11 is 0. The van der Waals surface area contributed by atoms with Crippen LogP contribution in [-0.4, -0.2) is 11.4 Å². The largest absolute Gasteiger partial charge is 0.295 e. The highest BCUT2D eigenvalue weighted by Crippen LogP contribution is 2.20. The maximum atomic E-state index is 2.55. The molecule has 0 N–H and O–H groups in total. The number of hydrogen-bond acceptors (Lipinski definition) is 1. The molecule has 0 heterocycles. The average molecular weight is 281 g/mol. The Morgan fingerprint density at radius 1 is 0.714 bits per heavy atom. The number of nitrogens with zero attached hydrogens (tertiary/aromatic N) is 1. The van der Waals surface area contributed by atoms with Gasteiger partial charge in [0.2, 0.25) is 0 Å². The van der Waals surface area contributed by atoms with Gasteiger partial charge in [0.25, 0.3) is 0 Å². The number of rotatable bonds is 6. The summed E-state index contributed by atoms with van der Waals surface area (Å²) in [6, 6.07) is 21.5. The third-order valence-electron chi connectivity index (χ3n) is 3.68. The van der Waals surface area contributed by atoms with Crippen molar-refractivity contribution in [3.63, 3.8) is 0 Å². The summed E-state index contributed by atoms with van der Waals surface area (Å²) in [6.07, 6.45) is 1.21. The van der Waals surface area contributed by atoms with Crippen LogP contribution >= 0.6 is 0 Å². The van der Waals surface area contributed by atoms with Crippen molar-refractivity contribution < 1.29 is 0 Å². The van der Waals surface area contributed by atoms with Crippen molar-refractivity contribution in [2.24, 2.45) is 5.41 Å². The first-order chi connectivity index (χ1) is 10.0. The molecule has 2 aromatic rings. The summed E-state index contributed by atoms with van der Waals surface area (Å²) in [4.78, 5) is 2.55. The molecular formula is C20H27N. The second-order valence-electron chi connectivity index (χ2n) is 6.99. The predicted octanol–water partition coefficient (Wildman–Crippen LogP) is 5.13. The minimum atomic E-state index is 0.381. The first kappa shape index (κ1) is 15.8. The molecule has 0 aliphatic carbocycles. The van der Waals surface area contributed by atoms with Crippen LogP contribution in [0.15, 0.2) is 60.7 Å². The van der Waals surface area contributed by atoms with Crippen LogP contribution in [0, 0.1) is 5.41 Å². The monoisotopic (exact) mass is 281 g/mol. The molecule has 0 saturated carbocycles. The molecule has 0 unspecified atom stereocenters. The van der Waals surface area contributed by atoms with Gasteiger partial charge in [0.05, 0.1) is 0 Å². The molecular weight excluding hydrogens is 254 g/mol. The van der Waals surface area contributed by atoms with Gasteiger partial charge in [-0.05, 0) is 29.5 Å². The quantitative estimate of drug-likeness (QED) is 0.710. The summed E-state index contributed by atoms with van der Waals surface area (Å²) in [7, 11) is 0. The molecule has 0 atom stereocenters. The van der Waals surface area contributed by atoms with Crippen molar-refractivity contribution >= 4 is 0 Å². The molecule has 2 rings (SSSR count). The zero-order valence-corrected chi connectivity index (χ0v) is 13.5. The Morgan fingerprint density at radius 2 is 1.14 bits per heavy atom. The number of benzene rings is 2. The Kier molecular flexibility index (Phi) is 5.58. The maximum absolute atomic E-state index is 2.55. The van der Waals surface area contributed by atoms with E-state index in [0.717, 1.165) is 19.6 Å². The first-order valence-corrected chi connectivity index (χ1v) is 7.83. The Balaban J connectivity index is 2.03. The molecule has 0 aliphatic heterocycles. The van der Waals surface area contributed by atoms with E-state index in [1.165, 1.54) is 17.5 Å². The zero-order valence-electron chi connectivity index (χ0n) is 13.5. The van der Waals surface area contributed by atoms with E-state index < -0.39 is 0 Å². The number of hydrogen-bond donors (Lipinski definition) is 0. The molecule has 0 amide bonds. The van der Waals surface area contributed by atoms with Gasteiger partial charge in [-0.2, -0.15) is 0 Å². The fraction of sp³-hybridized carbons (Fsp3) is 0.400. The lowest BCUT2D eigenvalue weighted by atomic mass is 9.92. The minimum Gasteiger partial charge on any atom is -0.295 e. The molecule has 0 aliphatic rings. The lowest BCUT2D eigenvalue weighted by Gasteiger charge is -2.27. The Labute approximate surface area is 129 Å². The van der Waals surface area contributed by atoms with Gasteiger partial charge in [-0.15, -0.1) is 0 Å². The van der Waals surface area contributed by atoms with E-state index >= 15 is 0 Å². The standard InChI is InChI=1S/C20H27N/c1-20(2,3)14-15-21(16-18-10-6-4-7-11-18)17-19-12-8-5-9-13-19/h4-13H,14-17H2,1-3H3. The van der Waals surface area contributed by atoms with Gasteiger partial charge in [0.1, 0.15) is 0 Å². The van der Waals surface area contributed by atoms with E-state index in [9.17, 15) is 0 Å². The normalized spacial score (nSPS) is 11.8. The molecule has 0 fully saturated rings. The van der Waals surface area contributed by atoms with E-state index in [-0.39, 0.29) is 0 Å². The van der Waals surface area contributed by atoms with Crippen molar-refractivity contribution in [3.8, 4) is 0 Å². The van der Waals surface area contributed by atoms with Crippen LogP contribution in [0.2, 0.25) is 0 Å². The Bertz CT molecular complexity index is 469. The van der Waals surface area contributed by atoms with E-state index in [1.54, 1.807) is 0 Å². The second-order valence-corrected chi connectivity index (χ2v) is 6.99. The van der Waals surface area contributed by atoms with Crippen molar-refractivity contribution in [1.29, 1.82) is 0 Å². The zero-order chi connectivity index (χ0) is 15.1. The molecule has 0 aromatic heterocycles. The molecule has 0 spiro atoms. The molecule has 21 heavy (non-hydrogen) atoms. The molecule has 0 bridgehead atoms. The van der Waals surface area contributed by atoms with E-state index in [4.69, 9.17) is 0 Å². The summed E-state index contributed by atoms with van der Waals surface area (Å²) in [5, 5.41) is 0. The van der Waals surface area contributed by atoms with Gasteiger partial charge in [0, 0.05) is 13.1 Å². The highest BCUT2D eigenvalue weighted by Gasteiger charge is 2.14. The average Bonchev–Trinajstić information content (AvgIpc) is 2.46. The van der Waals surface area contributed by atoms with E-state index in [1.807, 2.05) is 0 Å². The molecule has 112 valence electrons. The van der Waals surface area contributed by atoms with Crippen molar-refractivity contribution in [2.45, 2.75) is 40.3 Å². The highest BCUT2D eigenvalue weighted by atomic mass is 15.1. The predicted molar refractivity (Wildman–Crippen MR) is 91.1 cm³/mol. The Morgan fingerprint density at radius 3 is 1.52 bits per heavy atom. The molecule has 1 heteroatoms. The summed E-state index contributed by atoms with van der Waals surface area (Å²) in [5.74, 6) is 0. The molecule has 1 nitrogen and oxygen atoms in total. The lowest BCUT2D eigenvalue weighted by molar-refractivity contribution is 0.213. The van der Waals surface area contributed by atoms with Crippen molar-refractivity contribution in [3.05, 3.63) is 71.8 Å². The van der Waals surface area contributed by atoms with Crippen molar-refractivity contribution in [2.75, 3.05) is 6.54 Å². The van der Waals surface area contributed by atoms with E-state index in [0.29, 0.717) is 5.41 Å². The lowest BCUT2D eigenvalue weighted by Crippen LogP contribution is -2.27. The first-order valence-electron chi connectivity index (χ1n) is 7.83. The maximum Gasteiger partial charge on any atom is 0.0237 e. The minimum absolute atomic E-state index is 0.381. The van der Waals surface area contributed by atoms with Crippen LogP contribution in [0.3, 0.4) is 0 Å². The van der Waals surface area contributed by atoms with Gasteiger partial charge in [-0.3, -0.25) is 4.90 Å². The fourth-order valence-corrected chi connectivity index (χ4v) is 2.39. The smallest absolute Gasteiger partial charge is 0.0237 e. The fourth-order valence-electron chi connectivity index (χ4n) is 2.39. The van der Waals surface area contributed by atoms with Gasteiger partial charge in [-0.1, -0.05) is 81.4 Å². The molecule has 2 aromatic carbocycles. The van der Waals surface area contributed by atoms with E-state index in [2.05, 4.69) is 86.3 Å². The van der Waals surface area contributed by atoms with Crippen LogP contribution in [0.4, 0.5) is 0 Å². The summed E-state index contributed by atoms with van der Waals surface area (Å²) in [6.45, 7) is 10.1. The SMILES string of the molecule is CC(C)(C)CCN(Cc1ccccc1)Cc1ccccc1.